The van der Waals surface area contributed by atoms with Crippen LogP contribution in [-0.2, 0) is 22.3 Å². The smallest absolute Gasteiger partial charge is 0 e. The minimum atomic E-state index is -0.1000. The Hall–Kier alpha value is 2.46. The van der Waals surface area contributed by atoms with Crippen LogP contribution in [0.15, 0.2) is 0 Å². The Labute approximate surface area is 82.6 Å². The van der Waals surface area contributed by atoms with Gasteiger partial charge >= 0.3 is 47.0 Å². The molecule has 0 aliphatic carbocycles. The van der Waals surface area contributed by atoms with Gasteiger partial charge in [0.1, 0.15) is 0 Å². The third-order valence-corrected chi connectivity index (χ3v) is 0. The predicted molar refractivity (Wildman–Crippen MR) is 27.7 cm³/mol. The number of hydrogen-bond donors (Lipinski definition) is 0. The molecule has 0 aromatic rings. The third-order valence-electron chi connectivity index (χ3n) is 0. The molecule has 0 fully saturated rings. The molecule has 0 atom stereocenters. The predicted octanol–water partition coefficient (Wildman–Crippen LogP) is -3.14. The van der Waals surface area contributed by atoms with Crippen molar-refractivity contribution >= 4 is 61.5 Å². The van der Waals surface area contributed by atoms with Crippen LogP contribution in [0.1, 0.15) is 0 Å². The molecule has 0 aliphatic heterocycles. The summed E-state index contributed by atoms with van der Waals surface area (Å²) < 4.78 is 8.42. The van der Waals surface area contributed by atoms with E-state index in [0.29, 0.717) is 0 Å². The van der Waals surface area contributed by atoms with Crippen molar-refractivity contribution in [2.75, 3.05) is 0 Å². The third kappa shape index (κ3) is 21.2. The summed E-state index contributed by atoms with van der Waals surface area (Å²) >= 11 is -0.1000. The summed E-state index contributed by atoms with van der Waals surface area (Å²) in [4.78, 5) is 0. The fourth-order valence-corrected chi connectivity index (χ4v) is 0. The topological polar surface area (TPSA) is 17.1 Å². The molecule has 0 aromatic carbocycles. The van der Waals surface area contributed by atoms with Crippen molar-refractivity contribution in [1.29, 1.82) is 0 Å². The molecule has 0 amide bonds. The van der Waals surface area contributed by atoms with Crippen LogP contribution in [0.25, 0.3) is 0 Å². The van der Waals surface area contributed by atoms with Crippen LogP contribution < -0.4 is 0 Å². The fourth-order valence-electron chi connectivity index (χ4n) is 0. The normalized spacial score (nSPS) is 0.600. The molecular formula is H7AlGaInOZn. The summed E-state index contributed by atoms with van der Waals surface area (Å²) in [6.45, 7) is 0. The molecule has 0 N–H and O–H groups in total. The molecule has 0 spiro atoms. The van der Waals surface area contributed by atoms with Crippen molar-refractivity contribution in [3.8, 4) is 0 Å². The Kier molecular flexibility index (Phi) is 165. The van der Waals surface area contributed by atoms with E-state index in [4.69, 9.17) is 2.85 Å². The zero-order chi connectivity index (χ0) is 2.00. The van der Waals surface area contributed by atoms with Gasteiger partial charge < -0.3 is 0 Å². The van der Waals surface area contributed by atoms with Crippen LogP contribution in [0, 0.1) is 0 Å². The van der Waals surface area contributed by atoms with Gasteiger partial charge in [0.2, 0.25) is 0 Å². The Bertz CT molecular complexity index is 11.6. The molecule has 1 nitrogen and oxygen atoms in total. The molecular weight excluding hydrogens is 293 g/mol. The van der Waals surface area contributed by atoms with Crippen LogP contribution in [-0.4, -0.2) is 61.5 Å². The molecule has 0 aliphatic rings. The van der Waals surface area contributed by atoms with Gasteiger partial charge in [-0.05, 0) is 0 Å². The van der Waals surface area contributed by atoms with Crippen LogP contribution in [0.2, 0.25) is 0 Å². The van der Waals surface area contributed by atoms with Gasteiger partial charge in [0.25, 0.3) is 0 Å². The Morgan fingerprint density at radius 2 is 1.20 bits per heavy atom. The summed E-state index contributed by atoms with van der Waals surface area (Å²) in [5.74, 6) is 0. The molecule has 0 rings (SSSR count). The van der Waals surface area contributed by atoms with E-state index in [1.165, 1.54) is 0 Å². The Balaban J connectivity index is -0.00000000167. The second-order valence-electron chi connectivity index (χ2n) is 0. The first-order valence-corrected chi connectivity index (χ1v) is 1.94. The molecule has 5 heavy (non-hydrogen) atoms. The van der Waals surface area contributed by atoms with Crippen LogP contribution in [0.4, 0.5) is 0 Å². The molecule has 24 valence electrons. The average molecular weight is 300 g/mol. The van der Waals surface area contributed by atoms with Crippen molar-refractivity contribution in [2.24, 2.45) is 0 Å². The maximum atomic E-state index is 8.42. The largest absolute Gasteiger partial charge is 0 e. The van der Waals surface area contributed by atoms with Gasteiger partial charge in [-0.1, -0.05) is 0 Å². The molecule has 0 bridgehead atoms. The first-order chi connectivity index (χ1) is 1.00. The van der Waals surface area contributed by atoms with E-state index in [1.54, 1.807) is 0 Å². The van der Waals surface area contributed by atoms with Crippen LogP contribution in [0.3, 0.4) is 0 Å². The van der Waals surface area contributed by atoms with Gasteiger partial charge in [-0.2, -0.15) is 0 Å². The molecule has 0 aromatic heterocycles. The molecule has 5 heteroatoms. The summed E-state index contributed by atoms with van der Waals surface area (Å²) in [7, 11) is 0. The van der Waals surface area contributed by atoms with Crippen LogP contribution in [0.5, 0.6) is 0 Å². The van der Waals surface area contributed by atoms with Gasteiger partial charge in [-0.25, -0.2) is 0 Å². The fraction of sp³-hybridized carbons (Fsp3) is 0. The van der Waals surface area contributed by atoms with E-state index in [-0.39, 0.29) is 81.0 Å². The van der Waals surface area contributed by atoms with Gasteiger partial charge in [0, 0.05) is 19.5 Å². The summed E-state index contributed by atoms with van der Waals surface area (Å²) in [5, 5.41) is 0. The van der Waals surface area contributed by atoms with E-state index >= 15 is 0 Å². The SMILES string of the molecule is [AlH3].[GaH3].[O]=[InH].[Zn]. The maximum Gasteiger partial charge on any atom is 0 e. The zero-order valence-electron chi connectivity index (χ0n) is 1.82. The van der Waals surface area contributed by atoms with E-state index < -0.39 is 0 Å². The van der Waals surface area contributed by atoms with Crippen molar-refractivity contribution in [3.63, 3.8) is 0 Å². The molecule has 0 unspecified atom stereocenters. The molecule has 0 radical (unpaired) electrons. The summed E-state index contributed by atoms with van der Waals surface area (Å²) in [6, 6.07) is 0. The first-order valence-electron chi connectivity index (χ1n) is 0.289. The van der Waals surface area contributed by atoms with E-state index in [2.05, 4.69) is 0 Å². The van der Waals surface area contributed by atoms with Crippen molar-refractivity contribution < 1.29 is 22.3 Å². The number of hydrogen-bond acceptors (Lipinski definition) is 1. The quantitative estimate of drug-likeness (QED) is 0.432. The van der Waals surface area contributed by atoms with Gasteiger partial charge in [0.15, 0.2) is 17.4 Å². The van der Waals surface area contributed by atoms with E-state index in [0.717, 1.165) is 0 Å². The van der Waals surface area contributed by atoms with E-state index in [1.807, 2.05) is 0 Å². The monoisotopic (exact) mass is 298 g/mol. The van der Waals surface area contributed by atoms with Crippen LogP contribution >= 0.6 is 0 Å². The Morgan fingerprint density at radius 3 is 1.20 bits per heavy atom. The van der Waals surface area contributed by atoms with Crippen molar-refractivity contribution in [2.45, 2.75) is 0 Å². The number of rotatable bonds is 0. The summed E-state index contributed by atoms with van der Waals surface area (Å²) in [6.07, 6.45) is 0. The summed E-state index contributed by atoms with van der Waals surface area (Å²) in [5.41, 5.74) is 0. The minimum Gasteiger partial charge on any atom is 0 e. The minimum absolute atomic E-state index is 0. The maximum absolute atomic E-state index is 8.42. The average Bonchev–Trinajstić information content (AvgIpc) is 1.00. The van der Waals surface area contributed by atoms with Crippen molar-refractivity contribution in [1.82, 2.24) is 0 Å². The standard InChI is InChI=1S/Al.Ga.In.O.Zn.7H. The van der Waals surface area contributed by atoms with Gasteiger partial charge in [-0.3, -0.25) is 0 Å². The second kappa shape index (κ2) is 31.8. The van der Waals surface area contributed by atoms with Crippen molar-refractivity contribution in [3.05, 3.63) is 0 Å². The first kappa shape index (κ1) is 26.0. The molecule has 0 saturated heterocycles. The van der Waals surface area contributed by atoms with E-state index in [9.17, 15) is 0 Å². The zero-order valence-corrected chi connectivity index (χ0v) is 8.83. The van der Waals surface area contributed by atoms with Gasteiger partial charge in [-0.15, -0.1) is 0 Å². The molecule has 0 saturated carbocycles. The Morgan fingerprint density at radius 1 is 1.20 bits per heavy atom. The second-order valence-corrected chi connectivity index (χ2v) is 0. The van der Waals surface area contributed by atoms with Gasteiger partial charge in [0.05, 0.1) is 0 Å². The molecule has 0 heterocycles.